The molecular formula is C41H30N4. The van der Waals surface area contributed by atoms with Crippen LogP contribution in [0.3, 0.4) is 0 Å². The van der Waals surface area contributed by atoms with E-state index in [2.05, 4.69) is 172 Å². The smallest absolute Gasteiger partial charge is 0.159 e. The summed E-state index contributed by atoms with van der Waals surface area (Å²) in [4.78, 5) is 11.1. The number of rotatable bonds is 6. The normalized spacial score (nSPS) is 11.2. The predicted octanol–water partition coefficient (Wildman–Crippen LogP) is 10.7. The highest BCUT2D eigenvalue weighted by Crippen LogP contribution is 2.40. The maximum atomic E-state index is 4.39. The Balaban J connectivity index is 1.22. The molecule has 214 valence electrons. The van der Waals surface area contributed by atoms with Crippen LogP contribution < -0.4 is 4.90 Å². The first-order chi connectivity index (χ1) is 22.2. The van der Waals surface area contributed by atoms with E-state index < -0.39 is 0 Å². The zero-order valence-electron chi connectivity index (χ0n) is 24.9. The number of anilines is 3. The molecule has 4 nitrogen and oxygen atoms in total. The number of fused-ring (bicyclic) bond motifs is 3. The fraction of sp³-hybridized carbons (Fsp3) is 0.0244. The van der Waals surface area contributed by atoms with E-state index in [1.54, 1.807) is 12.4 Å². The largest absolute Gasteiger partial charge is 0.310 e. The molecule has 0 saturated heterocycles. The Morgan fingerprint density at radius 2 is 1.11 bits per heavy atom. The second kappa shape index (κ2) is 11.3. The van der Waals surface area contributed by atoms with Crippen LogP contribution in [0.15, 0.2) is 164 Å². The van der Waals surface area contributed by atoms with Gasteiger partial charge >= 0.3 is 0 Å². The van der Waals surface area contributed by atoms with Gasteiger partial charge in [-0.25, -0.2) is 9.97 Å². The lowest BCUT2D eigenvalue weighted by Gasteiger charge is -2.25. The van der Waals surface area contributed by atoms with E-state index in [0.717, 1.165) is 34.1 Å². The van der Waals surface area contributed by atoms with Gasteiger partial charge in [0, 0.05) is 51.5 Å². The Kier molecular flexibility index (Phi) is 6.65. The van der Waals surface area contributed by atoms with E-state index in [1.807, 2.05) is 6.07 Å². The Bertz CT molecular complexity index is 2220. The van der Waals surface area contributed by atoms with Crippen molar-refractivity contribution in [2.24, 2.45) is 0 Å². The van der Waals surface area contributed by atoms with Gasteiger partial charge in [-0.3, -0.25) is 0 Å². The van der Waals surface area contributed by atoms with Gasteiger partial charge in [-0.2, -0.15) is 0 Å². The summed E-state index contributed by atoms with van der Waals surface area (Å²) in [5, 5.41) is 2.45. The van der Waals surface area contributed by atoms with Gasteiger partial charge in [0.2, 0.25) is 0 Å². The molecule has 0 radical (unpaired) electrons. The number of hydrogen-bond acceptors (Lipinski definition) is 3. The lowest BCUT2D eigenvalue weighted by molar-refractivity contribution is 1.17. The highest BCUT2D eigenvalue weighted by atomic mass is 15.1. The maximum absolute atomic E-state index is 4.39. The molecule has 0 aliphatic carbocycles. The van der Waals surface area contributed by atoms with Crippen molar-refractivity contribution in [3.05, 3.63) is 170 Å². The predicted molar refractivity (Wildman–Crippen MR) is 187 cm³/mol. The molecule has 8 aromatic rings. The summed E-state index contributed by atoms with van der Waals surface area (Å²) in [5.74, 6) is 0.737. The average Bonchev–Trinajstić information content (AvgIpc) is 3.44. The number of benzene rings is 6. The third-order valence-corrected chi connectivity index (χ3v) is 8.43. The van der Waals surface area contributed by atoms with E-state index in [1.165, 1.54) is 38.5 Å². The lowest BCUT2D eigenvalue weighted by atomic mass is 9.98. The molecule has 0 saturated carbocycles. The van der Waals surface area contributed by atoms with E-state index >= 15 is 0 Å². The number of aryl methyl sites for hydroxylation is 1. The molecule has 6 aromatic carbocycles. The van der Waals surface area contributed by atoms with Crippen molar-refractivity contribution in [1.82, 2.24) is 14.5 Å². The quantitative estimate of drug-likeness (QED) is 0.197. The minimum atomic E-state index is 0.737. The van der Waals surface area contributed by atoms with Crippen molar-refractivity contribution in [2.75, 3.05) is 4.90 Å². The lowest BCUT2D eigenvalue weighted by Crippen LogP contribution is -2.09. The molecule has 0 amide bonds. The van der Waals surface area contributed by atoms with Crippen LogP contribution in [0.2, 0.25) is 0 Å². The van der Waals surface area contributed by atoms with Crippen LogP contribution in [0.4, 0.5) is 17.1 Å². The Labute approximate surface area is 262 Å². The molecule has 0 N–H and O–H groups in total. The second-order valence-electron chi connectivity index (χ2n) is 11.2. The second-order valence-corrected chi connectivity index (χ2v) is 11.2. The van der Waals surface area contributed by atoms with E-state index in [4.69, 9.17) is 0 Å². The minimum Gasteiger partial charge on any atom is -0.310 e. The number of aromatic nitrogens is 3. The molecule has 0 unspecified atom stereocenters. The summed E-state index contributed by atoms with van der Waals surface area (Å²) in [7, 11) is 0. The molecule has 0 aliphatic rings. The molecule has 0 aliphatic heterocycles. The van der Waals surface area contributed by atoms with Crippen molar-refractivity contribution in [3.63, 3.8) is 0 Å². The molecule has 0 bridgehead atoms. The van der Waals surface area contributed by atoms with Crippen LogP contribution in [-0.2, 0) is 0 Å². The average molecular weight is 579 g/mol. The third-order valence-electron chi connectivity index (χ3n) is 8.43. The van der Waals surface area contributed by atoms with Crippen LogP contribution in [-0.4, -0.2) is 14.5 Å². The van der Waals surface area contributed by atoms with Crippen molar-refractivity contribution < 1.29 is 0 Å². The van der Waals surface area contributed by atoms with Crippen LogP contribution >= 0.6 is 0 Å². The fourth-order valence-electron chi connectivity index (χ4n) is 6.34. The van der Waals surface area contributed by atoms with Crippen molar-refractivity contribution in [3.8, 4) is 28.2 Å². The molecule has 0 spiro atoms. The van der Waals surface area contributed by atoms with Gasteiger partial charge in [0.15, 0.2) is 5.82 Å². The van der Waals surface area contributed by atoms with Gasteiger partial charge in [0.25, 0.3) is 0 Å². The number of para-hydroxylation sites is 3. The molecule has 8 rings (SSSR count). The number of hydrogen-bond donors (Lipinski definition) is 0. The van der Waals surface area contributed by atoms with Crippen molar-refractivity contribution >= 4 is 38.9 Å². The van der Waals surface area contributed by atoms with E-state index in [-0.39, 0.29) is 0 Å². The first kappa shape index (κ1) is 26.6. The Morgan fingerprint density at radius 3 is 1.80 bits per heavy atom. The fourth-order valence-corrected chi connectivity index (χ4v) is 6.34. The minimum absolute atomic E-state index is 0.737. The summed E-state index contributed by atoms with van der Waals surface area (Å²) in [6.07, 6.45) is 3.55. The molecule has 2 aromatic heterocycles. The highest BCUT2D eigenvalue weighted by molar-refractivity contribution is 6.10. The van der Waals surface area contributed by atoms with E-state index in [0.29, 0.717) is 0 Å². The van der Waals surface area contributed by atoms with Gasteiger partial charge in [0.1, 0.15) is 0 Å². The topological polar surface area (TPSA) is 34.0 Å². The van der Waals surface area contributed by atoms with Crippen LogP contribution in [0, 0.1) is 6.92 Å². The molecule has 0 fully saturated rings. The molecule has 4 heteroatoms. The zero-order chi connectivity index (χ0) is 30.2. The zero-order valence-corrected chi connectivity index (χ0v) is 24.9. The van der Waals surface area contributed by atoms with Crippen LogP contribution in [0.25, 0.3) is 50.0 Å². The summed E-state index contributed by atoms with van der Waals surface area (Å²) >= 11 is 0. The van der Waals surface area contributed by atoms with Gasteiger partial charge in [-0.05, 0) is 90.3 Å². The Morgan fingerprint density at radius 1 is 0.489 bits per heavy atom. The van der Waals surface area contributed by atoms with Gasteiger partial charge in [0.05, 0.1) is 11.0 Å². The molecule has 0 atom stereocenters. The third kappa shape index (κ3) is 4.83. The van der Waals surface area contributed by atoms with Gasteiger partial charge in [-0.1, -0.05) is 84.9 Å². The monoisotopic (exact) mass is 578 g/mol. The van der Waals surface area contributed by atoms with Gasteiger partial charge < -0.3 is 9.47 Å². The first-order valence-electron chi connectivity index (χ1n) is 15.2. The first-order valence-corrected chi connectivity index (χ1v) is 15.2. The van der Waals surface area contributed by atoms with Crippen molar-refractivity contribution in [2.45, 2.75) is 6.92 Å². The van der Waals surface area contributed by atoms with Crippen LogP contribution in [0.1, 0.15) is 5.56 Å². The van der Waals surface area contributed by atoms with E-state index in [9.17, 15) is 0 Å². The Hall–Kier alpha value is -6.00. The standard InChI is InChI=1S/C41H30N4/c1-29-27-34(21-23-36(29)30-17-19-31(20-18-30)41-42-25-10-26-43-41)45-39-16-9-8-15-37(39)38-28-35(22-24-40(38)45)44(32-11-4-2-5-12-32)33-13-6-3-7-14-33/h2-28H,1H3. The SMILES string of the molecule is Cc1cc(-n2c3ccccc3c3cc(N(c4ccccc4)c4ccccc4)ccc32)ccc1-c1ccc(-c2ncccn2)cc1. The summed E-state index contributed by atoms with van der Waals surface area (Å²) in [6, 6.07) is 53.7. The molecular weight excluding hydrogens is 548 g/mol. The molecule has 2 heterocycles. The highest BCUT2D eigenvalue weighted by Gasteiger charge is 2.17. The number of nitrogens with zero attached hydrogens (tertiary/aromatic N) is 4. The summed E-state index contributed by atoms with van der Waals surface area (Å²) in [6.45, 7) is 2.19. The van der Waals surface area contributed by atoms with Crippen molar-refractivity contribution in [1.29, 1.82) is 0 Å². The summed E-state index contributed by atoms with van der Waals surface area (Å²) < 4.78 is 2.39. The summed E-state index contributed by atoms with van der Waals surface area (Å²) in [5.41, 5.74) is 11.5. The van der Waals surface area contributed by atoms with Crippen LogP contribution in [0.5, 0.6) is 0 Å². The van der Waals surface area contributed by atoms with Gasteiger partial charge in [-0.15, -0.1) is 0 Å². The molecule has 45 heavy (non-hydrogen) atoms. The maximum Gasteiger partial charge on any atom is 0.159 e.